The third-order valence-corrected chi connectivity index (χ3v) is 5.48. The van der Waals surface area contributed by atoms with E-state index in [0.29, 0.717) is 12.2 Å². The summed E-state index contributed by atoms with van der Waals surface area (Å²) in [5.41, 5.74) is 1.99. The monoisotopic (exact) mass is 429 g/mol. The van der Waals surface area contributed by atoms with Gasteiger partial charge in [-0.15, -0.1) is 0 Å². The van der Waals surface area contributed by atoms with Crippen molar-refractivity contribution in [1.29, 1.82) is 0 Å². The molecule has 0 aliphatic rings. The highest BCUT2D eigenvalue weighted by Gasteiger charge is 2.41. The van der Waals surface area contributed by atoms with Crippen molar-refractivity contribution in [1.82, 2.24) is 13.8 Å². The Morgan fingerprint density at radius 1 is 0.935 bits per heavy atom. The number of halogens is 3. The predicted molar refractivity (Wildman–Crippen MR) is 114 cm³/mol. The number of alkyl halides is 3. The molecule has 4 aromatic heterocycles. The number of aromatic nitrogens is 4. The topological polar surface area (TPSA) is 25.6 Å². The Balaban J connectivity index is 1.89. The van der Waals surface area contributed by atoms with Gasteiger partial charge in [-0.3, -0.25) is 4.40 Å². The van der Waals surface area contributed by atoms with Gasteiger partial charge < -0.3 is 0 Å². The van der Waals surface area contributed by atoms with Crippen molar-refractivity contribution in [3.8, 4) is 0 Å². The SMILES string of the molecule is CC(C)(C)c1cccn2c[n+](Cc3cccc4nc(C(F)(F)F)c(C(C)(C)C)n34)cc12. The van der Waals surface area contributed by atoms with E-state index < -0.39 is 17.3 Å². The molecule has 0 amide bonds. The van der Waals surface area contributed by atoms with Crippen molar-refractivity contribution in [2.75, 3.05) is 0 Å². The van der Waals surface area contributed by atoms with E-state index in [1.54, 1.807) is 37.3 Å². The summed E-state index contributed by atoms with van der Waals surface area (Å²) < 4.78 is 47.1. The molecule has 4 heterocycles. The standard InChI is InChI=1S/C24H28F3N4/c1-22(2,3)17-10-8-12-30-15-29(14-18(17)30)13-16-9-7-11-19-28-20(24(25,26)27)21(31(16)19)23(4,5)6/h7-12,14-15H,13H2,1-6H3/q+1. The number of fused-ring (bicyclic) bond motifs is 2. The minimum absolute atomic E-state index is 0.0237. The van der Waals surface area contributed by atoms with E-state index in [9.17, 15) is 13.2 Å². The summed E-state index contributed by atoms with van der Waals surface area (Å²) in [6.45, 7) is 12.3. The molecule has 0 aliphatic heterocycles. The summed E-state index contributed by atoms with van der Waals surface area (Å²) in [6.07, 6.45) is 1.51. The quantitative estimate of drug-likeness (QED) is 0.384. The van der Waals surface area contributed by atoms with E-state index in [1.165, 1.54) is 5.56 Å². The molecule has 0 saturated carbocycles. The molecule has 4 nitrogen and oxygen atoms in total. The highest BCUT2D eigenvalue weighted by Crippen LogP contribution is 2.38. The fourth-order valence-corrected chi connectivity index (χ4v) is 4.20. The van der Waals surface area contributed by atoms with Crippen LogP contribution in [-0.2, 0) is 23.6 Å². The number of nitrogens with zero attached hydrogens (tertiary/aromatic N) is 4. The summed E-state index contributed by atoms with van der Waals surface area (Å²) in [7, 11) is 0. The third kappa shape index (κ3) is 3.82. The molecule has 0 radical (unpaired) electrons. The van der Waals surface area contributed by atoms with Crippen molar-refractivity contribution in [3.05, 3.63) is 71.7 Å². The summed E-state index contributed by atoms with van der Waals surface area (Å²) in [6, 6.07) is 9.39. The largest absolute Gasteiger partial charge is 0.435 e. The molecule has 0 spiro atoms. The summed E-state index contributed by atoms with van der Waals surface area (Å²) in [4.78, 5) is 3.97. The Morgan fingerprint density at radius 3 is 2.26 bits per heavy atom. The second-order valence-electron chi connectivity index (χ2n) is 10.1. The lowest BCUT2D eigenvalue weighted by Gasteiger charge is -2.22. The molecule has 7 heteroatoms. The van der Waals surface area contributed by atoms with Crippen molar-refractivity contribution < 1.29 is 17.7 Å². The van der Waals surface area contributed by atoms with Gasteiger partial charge in [0, 0.05) is 11.0 Å². The van der Waals surface area contributed by atoms with Crippen LogP contribution < -0.4 is 4.57 Å². The molecule has 0 N–H and O–H groups in total. The van der Waals surface area contributed by atoms with Crippen LogP contribution in [0.3, 0.4) is 0 Å². The molecular formula is C24H28F3N4+. The maximum Gasteiger partial charge on any atom is 0.435 e. The van der Waals surface area contributed by atoms with Gasteiger partial charge in [-0.05, 0) is 23.6 Å². The Labute approximate surface area is 180 Å². The minimum atomic E-state index is -4.51. The van der Waals surface area contributed by atoms with E-state index in [4.69, 9.17) is 0 Å². The van der Waals surface area contributed by atoms with Crippen molar-refractivity contribution in [3.63, 3.8) is 0 Å². The van der Waals surface area contributed by atoms with Gasteiger partial charge >= 0.3 is 6.18 Å². The molecule has 0 atom stereocenters. The maximum atomic E-state index is 13.8. The van der Waals surface area contributed by atoms with E-state index in [2.05, 4.69) is 42.4 Å². The lowest BCUT2D eigenvalue weighted by atomic mass is 9.87. The molecule has 0 fully saturated rings. The smallest absolute Gasteiger partial charge is 0.296 e. The molecule has 4 rings (SSSR count). The van der Waals surface area contributed by atoms with Gasteiger partial charge in [0.05, 0.1) is 17.6 Å². The normalized spacial score (nSPS) is 13.5. The van der Waals surface area contributed by atoms with E-state index in [0.717, 1.165) is 11.2 Å². The van der Waals surface area contributed by atoms with Gasteiger partial charge in [0.1, 0.15) is 18.4 Å². The first-order chi connectivity index (χ1) is 14.3. The zero-order valence-corrected chi connectivity index (χ0v) is 18.7. The first kappa shape index (κ1) is 21.4. The Hall–Kier alpha value is -2.83. The molecule has 0 aromatic carbocycles. The van der Waals surface area contributed by atoms with Crippen LogP contribution in [0, 0.1) is 0 Å². The zero-order chi connectivity index (χ0) is 22.8. The molecule has 0 unspecified atom stereocenters. The van der Waals surface area contributed by atoms with Crippen LogP contribution in [0.4, 0.5) is 13.2 Å². The van der Waals surface area contributed by atoms with Crippen LogP contribution in [0.25, 0.3) is 11.2 Å². The molecule has 0 bridgehead atoms. The number of rotatable bonds is 2. The first-order valence-corrected chi connectivity index (χ1v) is 10.3. The summed E-state index contributed by atoms with van der Waals surface area (Å²) in [5, 5.41) is 0. The second-order valence-corrected chi connectivity index (χ2v) is 10.1. The van der Waals surface area contributed by atoms with E-state index in [1.807, 2.05) is 29.2 Å². The van der Waals surface area contributed by atoms with Gasteiger partial charge in [0.2, 0.25) is 6.33 Å². The van der Waals surface area contributed by atoms with E-state index in [-0.39, 0.29) is 11.1 Å². The molecule has 31 heavy (non-hydrogen) atoms. The highest BCUT2D eigenvalue weighted by molar-refractivity contribution is 5.55. The lowest BCUT2D eigenvalue weighted by Crippen LogP contribution is -2.33. The first-order valence-electron chi connectivity index (χ1n) is 10.3. The second kappa shape index (κ2) is 6.84. The van der Waals surface area contributed by atoms with Gasteiger partial charge in [0.15, 0.2) is 11.2 Å². The van der Waals surface area contributed by atoms with E-state index >= 15 is 0 Å². The summed E-state index contributed by atoms with van der Waals surface area (Å²) in [5.74, 6) is 0. The average Bonchev–Trinajstić information content (AvgIpc) is 3.21. The van der Waals surface area contributed by atoms with Crippen LogP contribution in [0.5, 0.6) is 0 Å². The Morgan fingerprint density at radius 2 is 1.65 bits per heavy atom. The number of pyridine rings is 2. The van der Waals surface area contributed by atoms with Crippen LogP contribution in [-0.4, -0.2) is 13.8 Å². The van der Waals surface area contributed by atoms with Gasteiger partial charge in [-0.25, -0.2) is 14.0 Å². The maximum absolute atomic E-state index is 13.8. The van der Waals surface area contributed by atoms with Gasteiger partial charge in [-0.2, -0.15) is 13.2 Å². The molecular weight excluding hydrogens is 401 g/mol. The number of hydrogen-bond acceptors (Lipinski definition) is 1. The molecule has 164 valence electrons. The van der Waals surface area contributed by atoms with Gasteiger partial charge in [-0.1, -0.05) is 53.7 Å². The predicted octanol–water partition coefficient (Wildman–Crippen LogP) is 5.54. The average molecular weight is 430 g/mol. The minimum Gasteiger partial charge on any atom is -0.296 e. The summed E-state index contributed by atoms with van der Waals surface area (Å²) >= 11 is 0. The van der Waals surface area contributed by atoms with Crippen LogP contribution in [0.2, 0.25) is 0 Å². The van der Waals surface area contributed by atoms with Crippen molar-refractivity contribution in [2.45, 2.75) is 65.1 Å². The van der Waals surface area contributed by atoms with Gasteiger partial charge in [0.25, 0.3) is 0 Å². The molecule has 4 aromatic rings. The van der Waals surface area contributed by atoms with Crippen molar-refractivity contribution in [2.24, 2.45) is 0 Å². The Kier molecular flexibility index (Phi) is 4.72. The molecule has 0 aliphatic carbocycles. The third-order valence-electron chi connectivity index (χ3n) is 5.48. The van der Waals surface area contributed by atoms with Crippen molar-refractivity contribution >= 4 is 11.2 Å². The fraction of sp³-hybridized carbons (Fsp3) is 0.417. The van der Waals surface area contributed by atoms with Crippen LogP contribution in [0.1, 0.15) is 64.2 Å². The Bertz CT molecular complexity index is 1260. The molecule has 0 saturated heterocycles. The lowest BCUT2D eigenvalue weighted by molar-refractivity contribution is -0.687. The number of hydrogen-bond donors (Lipinski definition) is 0. The fourth-order valence-electron chi connectivity index (χ4n) is 4.20. The zero-order valence-electron chi connectivity index (χ0n) is 18.7. The van der Waals surface area contributed by atoms with Crippen LogP contribution >= 0.6 is 0 Å². The van der Waals surface area contributed by atoms with Crippen LogP contribution in [0.15, 0.2) is 49.1 Å². The number of imidazole rings is 2. The highest BCUT2D eigenvalue weighted by atomic mass is 19.4.